The molecular weight excluding hydrogens is 202 g/mol. The molecule has 0 aromatic heterocycles. The van der Waals surface area contributed by atoms with Gasteiger partial charge in [0, 0.05) is 19.5 Å². The molecule has 0 aliphatic heterocycles. The number of nitrogens with two attached hydrogens (primary N) is 1. The van der Waals surface area contributed by atoms with Gasteiger partial charge in [0.25, 0.3) is 0 Å². The lowest BCUT2D eigenvalue weighted by molar-refractivity contribution is -0.122. The molecule has 0 fully saturated rings. The SMILES string of the molecule is CNNC(=O)CC(N)c1cc(C)ccc1C. The first-order valence-corrected chi connectivity index (χ1v) is 5.33. The van der Waals surface area contributed by atoms with E-state index < -0.39 is 0 Å². The van der Waals surface area contributed by atoms with E-state index in [9.17, 15) is 4.79 Å². The van der Waals surface area contributed by atoms with E-state index in [-0.39, 0.29) is 18.4 Å². The fourth-order valence-corrected chi connectivity index (χ4v) is 1.66. The van der Waals surface area contributed by atoms with Crippen molar-refractivity contribution >= 4 is 5.91 Å². The molecular formula is C12H19N3O. The zero-order valence-corrected chi connectivity index (χ0v) is 10.0. The van der Waals surface area contributed by atoms with Gasteiger partial charge in [-0.25, -0.2) is 5.43 Å². The van der Waals surface area contributed by atoms with Crippen LogP contribution in [0.4, 0.5) is 0 Å². The van der Waals surface area contributed by atoms with Gasteiger partial charge >= 0.3 is 0 Å². The van der Waals surface area contributed by atoms with E-state index in [1.807, 2.05) is 32.0 Å². The molecule has 0 heterocycles. The van der Waals surface area contributed by atoms with Crippen LogP contribution in [0.5, 0.6) is 0 Å². The molecule has 0 saturated heterocycles. The maximum atomic E-state index is 11.4. The number of carbonyl (C=O) groups excluding carboxylic acids is 1. The Balaban J connectivity index is 2.76. The molecule has 1 aromatic rings. The molecule has 4 N–H and O–H groups in total. The Morgan fingerprint density at radius 1 is 1.44 bits per heavy atom. The molecule has 4 nitrogen and oxygen atoms in total. The van der Waals surface area contributed by atoms with Crippen molar-refractivity contribution in [3.05, 3.63) is 34.9 Å². The van der Waals surface area contributed by atoms with Crippen molar-refractivity contribution in [2.24, 2.45) is 5.73 Å². The van der Waals surface area contributed by atoms with Crippen LogP contribution in [0.15, 0.2) is 18.2 Å². The van der Waals surface area contributed by atoms with E-state index in [2.05, 4.69) is 10.9 Å². The summed E-state index contributed by atoms with van der Waals surface area (Å²) in [7, 11) is 1.65. The van der Waals surface area contributed by atoms with E-state index in [0.717, 1.165) is 16.7 Å². The number of amides is 1. The first-order valence-electron chi connectivity index (χ1n) is 5.33. The molecule has 1 unspecified atom stereocenters. The average Bonchev–Trinajstić information content (AvgIpc) is 2.21. The number of hydrogen-bond donors (Lipinski definition) is 3. The minimum absolute atomic E-state index is 0.101. The van der Waals surface area contributed by atoms with Gasteiger partial charge in [-0.15, -0.1) is 0 Å². The molecule has 0 saturated carbocycles. The first kappa shape index (κ1) is 12.7. The Morgan fingerprint density at radius 2 is 2.12 bits per heavy atom. The summed E-state index contributed by atoms with van der Waals surface area (Å²) in [5.74, 6) is -0.101. The van der Waals surface area contributed by atoms with Crippen molar-refractivity contribution in [3.8, 4) is 0 Å². The maximum Gasteiger partial charge on any atom is 0.235 e. The molecule has 0 aliphatic carbocycles. The highest BCUT2D eigenvalue weighted by Gasteiger charge is 2.13. The lowest BCUT2D eigenvalue weighted by atomic mass is 9.97. The number of hydrogen-bond acceptors (Lipinski definition) is 3. The summed E-state index contributed by atoms with van der Waals surface area (Å²) in [4.78, 5) is 11.4. The molecule has 0 spiro atoms. The standard InChI is InChI=1S/C12H19N3O/c1-8-4-5-9(2)10(6-8)11(13)7-12(16)15-14-3/h4-6,11,14H,7,13H2,1-3H3,(H,15,16). The van der Waals surface area contributed by atoms with Crippen molar-refractivity contribution in [3.63, 3.8) is 0 Å². The van der Waals surface area contributed by atoms with Gasteiger partial charge in [-0.3, -0.25) is 10.2 Å². The summed E-state index contributed by atoms with van der Waals surface area (Å²) < 4.78 is 0. The number of aryl methyl sites for hydroxylation is 2. The van der Waals surface area contributed by atoms with Crippen molar-refractivity contribution in [2.45, 2.75) is 26.3 Å². The Kier molecular flexibility index (Phi) is 4.46. The molecule has 0 radical (unpaired) electrons. The van der Waals surface area contributed by atoms with Gasteiger partial charge in [-0.1, -0.05) is 23.8 Å². The summed E-state index contributed by atoms with van der Waals surface area (Å²) in [5.41, 5.74) is 14.4. The zero-order valence-electron chi connectivity index (χ0n) is 10.0. The first-order chi connectivity index (χ1) is 7.54. The monoisotopic (exact) mass is 221 g/mol. The predicted molar refractivity (Wildman–Crippen MR) is 64.7 cm³/mol. The minimum atomic E-state index is -0.256. The third-order valence-corrected chi connectivity index (χ3v) is 2.50. The van der Waals surface area contributed by atoms with Crippen molar-refractivity contribution < 1.29 is 4.79 Å². The van der Waals surface area contributed by atoms with Gasteiger partial charge < -0.3 is 5.73 Å². The largest absolute Gasteiger partial charge is 0.324 e. The fraction of sp³-hybridized carbons (Fsp3) is 0.417. The Hall–Kier alpha value is -1.39. The number of hydrazine groups is 1. The third kappa shape index (κ3) is 3.32. The van der Waals surface area contributed by atoms with Crippen LogP contribution in [0.25, 0.3) is 0 Å². The Bertz CT molecular complexity index is 377. The van der Waals surface area contributed by atoms with Crippen molar-refractivity contribution in [2.75, 3.05) is 7.05 Å². The van der Waals surface area contributed by atoms with Crippen LogP contribution in [-0.2, 0) is 4.79 Å². The van der Waals surface area contributed by atoms with Crippen LogP contribution in [0, 0.1) is 13.8 Å². The molecule has 0 aliphatic rings. The van der Waals surface area contributed by atoms with E-state index in [0.29, 0.717) is 0 Å². The second-order valence-corrected chi connectivity index (χ2v) is 3.97. The maximum absolute atomic E-state index is 11.4. The summed E-state index contributed by atoms with van der Waals surface area (Å²) in [6.07, 6.45) is 0.283. The second kappa shape index (κ2) is 5.63. The van der Waals surface area contributed by atoms with Gasteiger partial charge in [0.15, 0.2) is 0 Å². The van der Waals surface area contributed by atoms with Gasteiger partial charge in [0.1, 0.15) is 0 Å². The molecule has 1 rings (SSSR count). The van der Waals surface area contributed by atoms with Crippen molar-refractivity contribution in [1.82, 2.24) is 10.9 Å². The summed E-state index contributed by atoms with van der Waals surface area (Å²) in [6, 6.07) is 5.85. The zero-order chi connectivity index (χ0) is 12.1. The van der Waals surface area contributed by atoms with Crippen molar-refractivity contribution in [1.29, 1.82) is 0 Å². The van der Waals surface area contributed by atoms with Gasteiger partial charge in [0.2, 0.25) is 5.91 Å². The quantitative estimate of drug-likeness (QED) is 0.663. The normalized spacial score (nSPS) is 12.2. The number of rotatable bonds is 4. The van der Waals surface area contributed by atoms with E-state index in [1.54, 1.807) is 7.05 Å². The van der Waals surface area contributed by atoms with Gasteiger partial charge in [-0.05, 0) is 25.0 Å². The molecule has 4 heteroatoms. The molecule has 1 amide bonds. The molecule has 16 heavy (non-hydrogen) atoms. The molecule has 0 bridgehead atoms. The molecule has 1 aromatic carbocycles. The van der Waals surface area contributed by atoms with Crippen LogP contribution < -0.4 is 16.6 Å². The summed E-state index contributed by atoms with van der Waals surface area (Å²) in [5, 5.41) is 0. The highest BCUT2D eigenvalue weighted by Crippen LogP contribution is 2.19. The summed E-state index contributed by atoms with van der Waals surface area (Å²) >= 11 is 0. The lowest BCUT2D eigenvalue weighted by Gasteiger charge is -2.15. The second-order valence-electron chi connectivity index (χ2n) is 3.97. The van der Waals surface area contributed by atoms with Crippen LogP contribution >= 0.6 is 0 Å². The molecule has 1 atom stereocenters. The third-order valence-electron chi connectivity index (χ3n) is 2.50. The van der Waals surface area contributed by atoms with E-state index in [1.165, 1.54) is 0 Å². The average molecular weight is 221 g/mol. The fourth-order valence-electron chi connectivity index (χ4n) is 1.66. The number of carbonyl (C=O) groups is 1. The lowest BCUT2D eigenvalue weighted by Crippen LogP contribution is -2.36. The highest BCUT2D eigenvalue weighted by molar-refractivity contribution is 5.76. The Labute approximate surface area is 96.2 Å². The predicted octanol–water partition coefficient (Wildman–Crippen LogP) is 0.944. The van der Waals surface area contributed by atoms with E-state index in [4.69, 9.17) is 5.73 Å². The summed E-state index contributed by atoms with van der Waals surface area (Å²) in [6.45, 7) is 4.02. The van der Waals surface area contributed by atoms with Crippen LogP contribution in [0.1, 0.15) is 29.2 Å². The van der Waals surface area contributed by atoms with Gasteiger partial charge in [0.05, 0.1) is 0 Å². The highest BCUT2D eigenvalue weighted by atomic mass is 16.2. The minimum Gasteiger partial charge on any atom is -0.324 e. The topological polar surface area (TPSA) is 67.1 Å². The Morgan fingerprint density at radius 3 is 2.75 bits per heavy atom. The van der Waals surface area contributed by atoms with Crippen LogP contribution in [-0.4, -0.2) is 13.0 Å². The van der Waals surface area contributed by atoms with E-state index >= 15 is 0 Å². The smallest absolute Gasteiger partial charge is 0.235 e. The van der Waals surface area contributed by atoms with Gasteiger partial charge in [-0.2, -0.15) is 0 Å². The van der Waals surface area contributed by atoms with Crippen LogP contribution in [0.3, 0.4) is 0 Å². The number of benzene rings is 1. The van der Waals surface area contributed by atoms with Crippen LogP contribution in [0.2, 0.25) is 0 Å². The molecule has 88 valence electrons. The number of nitrogens with one attached hydrogen (secondary N) is 2.